The number of ether oxygens (including phenoxy) is 1. The van der Waals surface area contributed by atoms with Crippen LogP contribution in [0.1, 0.15) is 90.1 Å². The molecule has 0 radical (unpaired) electrons. The van der Waals surface area contributed by atoms with Crippen LogP contribution in [-0.4, -0.2) is 46.0 Å². The second-order valence-corrected chi connectivity index (χ2v) is 12.3. The Bertz CT molecular complexity index is 1110. The molecule has 7 heteroatoms. The summed E-state index contributed by atoms with van der Waals surface area (Å²) < 4.78 is 5.52. The van der Waals surface area contributed by atoms with Crippen LogP contribution in [0.4, 0.5) is 4.79 Å². The fourth-order valence-electron chi connectivity index (χ4n) is 4.57. The second kappa shape index (κ2) is 13.1. The Morgan fingerprint density at radius 3 is 1.95 bits per heavy atom. The number of nitrogens with one attached hydrogen (secondary N) is 2. The molecule has 0 bridgehead atoms. The smallest absolute Gasteiger partial charge is 0.408 e. The minimum atomic E-state index is -0.939. The molecule has 0 aliphatic heterocycles. The highest BCUT2D eigenvalue weighted by atomic mass is 16.6. The van der Waals surface area contributed by atoms with Crippen LogP contribution < -0.4 is 10.6 Å². The second-order valence-electron chi connectivity index (χ2n) is 12.3. The number of carbonyl (C=O) groups excluding carboxylic acids is 3. The first-order chi connectivity index (χ1) is 18.0. The number of alkyl carbamates (subject to hydrolysis) is 1. The van der Waals surface area contributed by atoms with Crippen molar-refractivity contribution in [3.05, 3.63) is 70.8 Å². The van der Waals surface area contributed by atoms with E-state index in [0.29, 0.717) is 6.42 Å². The molecule has 0 aromatic heterocycles. The summed E-state index contributed by atoms with van der Waals surface area (Å²) in [4.78, 5) is 43.1. The number of hydrogen-bond donors (Lipinski definition) is 2. The van der Waals surface area contributed by atoms with Gasteiger partial charge in [0.15, 0.2) is 0 Å². The van der Waals surface area contributed by atoms with Gasteiger partial charge in [-0.15, -0.1) is 0 Å². The van der Waals surface area contributed by atoms with E-state index in [-0.39, 0.29) is 24.3 Å². The van der Waals surface area contributed by atoms with E-state index < -0.39 is 29.3 Å². The zero-order chi connectivity index (χ0) is 29.5. The highest BCUT2D eigenvalue weighted by Crippen LogP contribution is 2.31. The molecule has 0 aliphatic rings. The van der Waals surface area contributed by atoms with Gasteiger partial charge in [-0.25, -0.2) is 4.79 Å². The third kappa shape index (κ3) is 9.41. The van der Waals surface area contributed by atoms with E-state index in [9.17, 15) is 14.4 Å². The van der Waals surface area contributed by atoms with Crippen LogP contribution in [0.3, 0.4) is 0 Å². The van der Waals surface area contributed by atoms with E-state index in [0.717, 1.165) is 22.3 Å². The van der Waals surface area contributed by atoms with Crippen molar-refractivity contribution in [2.45, 2.75) is 111 Å². The molecule has 0 aliphatic carbocycles. The Labute approximate surface area is 234 Å². The predicted octanol–water partition coefficient (Wildman–Crippen LogP) is 6.02. The molecule has 0 saturated heterocycles. The normalized spacial score (nSPS) is 14.1. The molecule has 2 aromatic rings. The molecular weight excluding hydrogens is 490 g/mol. The fourth-order valence-corrected chi connectivity index (χ4v) is 4.57. The van der Waals surface area contributed by atoms with E-state index in [1.807, 2.05) is 97.0 Å². The average Bonchev–Trinajstić information content (AvgIpc) is 2.80. The quantitative estimate of drug-likeness (QED) is 0.409. The Balaban J connectivity index is 2.67. The van der Waals surface area contributed by atoms with Gasteiger partial charge in [0.05, 0.1) is 0 Å². The molecule has 3 unspecified atom stereocenters. The van der Waals surface area contributed by atoms with Crippen LogP contribution in [0.2, 0.25) is 0 Å². The lowest BCUT2D eigenvalue weighted by atomic mass is 9.91. The third-order valence-electron chi connectivity index (χ3n) is 6.43. The van der Waals surface area contributed by atoms with Crippen molar-refractivity contribution in [2.24, 2.45) is 0 Å². The van der Waals surface area contributed by atoms with Crippen molar-refractivity contribution in [1.29, 1.82) is 0 Å². The highest BCUT2D eigenvalue weighted by molar-refractivity contribution is 5.93. The number of nitrogens with zero attached hydrogens (tertiary/aromatic N) is 1. The van der Waals surface area contributed by atoms with Gasteiger partial charge in [0, 0.05) is 18.0 Å². The number of rotatable bonds is 9. The van der Waals surface area contributed by atoms with Crippen LogP contribution in [0, 0.1) is 13.8 Å². The molecule has 0 heterocycles. The number of hydrogen-bond acceptors (Lipinski definition) is 4. The van der Waals surface area contributed by atoms with Crippen molar-refractivity contribution in [1.82, 2.24) is 15.5 Å². The number of aryl methyl sites for hydroxylation is 2. The summed E-state index contributed by atoms with van der Waals surface area (Å²) in [6.07, 6.45) is 0.204. The number of benzene rings is 2. The van der Waals surface area contributed by atoms with Gasteiger partial charge in [-0.3, -0.25) is 9.59 Å². The topological polar surface area (TPSA) is 87.7 Å². The van der Waals surface area contributed by atoms with E-state index in [1.165, 1.54) is 0 Å². The minimum absolute atomic E-state index is 0.256. The van der Waals surface area contributed by atoms with Gasteiger partial charge >= 0.3 is 6.09 Å². The Kier molecular flexibility index (Phi) is 10.7. The van der Waals surface area contributed by atoms with Gasteiger partial charge in [0.2, 0.25) is 11.8 Å². The maximum Gasteiger partial charge on any atom is 0.408 e. The van der Waals surface area contributed by atoms with Crippen LogP contribution in [-0.2, 0) is 20.7 Å². The first-order valence-electron chi connectivity index (χ1n) is 13.8. The molecule has 0 saturated carbocycles. The average molecular weight is 538 g/mol. The fraction of sp³-hybridized carbons (Fsp3) is 0.531. The summed E-state index contributed by atoms with van der Waals surface area (Å²) in [5, 5.41) is 5.92. The van der Waals surface area contributed by atoms with Crippen molar-refractivity contribution in [3.8, 4) is 0 Å². The summed E-state index contributed by atoms with van der Waals surface area (Å²) in [5.41, 5.74) is 2.29. The molecule has 7 nitrogen and oxygen atoms in total. The lowest BCUT2D eigenvalue weighted by molar-refractivity contribution is -0.145. The molecule has 3 atom stereocenters. The van der Waals surface area contributed by atoms with Crippen molar-refractivity contribution >= 4 is 17.9 Å². The first kappa shape index (κ1) is 31.9. The lowest BCUT2D eigenvalue weighted by Crippen LogP contribution is -2.57. The molecule has 2 rings (SSSR count). The number of carbonyl (C=O) groups is 3. The van der Waals surface area contributed by atoms with Crippen LogP contribution in [0.25, 0.3) is 0 Å². The first-order valence-corrected chi connectivity index (χ1v) is 13.8. The summed E-state index contributed by atoms with van der Waals surface area (Å²) in [5.74, 6) is -0.597. The maximum absolute atomic E-state index is 14.5. The summed E-state index contributed by atoms with van der Waals surface area (Å²) in [7, 11) is 0. The monoisotopic (exact) mass is 537 g/mol. The molecule has 0 spiro atoms. The van der Waals surface area contributed by atoms with Gasteiger partial charge in [-0.1, -0.05) is 55.5 Å². The summed E-state index contributed by atoms with van der Waals surface area (Å²) >= 11 is 0. The minimum Gasteiger partial charge on any atom is -0.444 e. The Morgan fingerprint density at radius 1 is 0.897 bits per heavy atom. The third-order valence-corrected chi connectivity index (χ3v) is 6.43. The van der Waals surface area contributed by atoms with Crippen molar-refractivity contribution in [3.63, 3.8) is 0 Å². The van der Waals surface area contributed by atoms with Gasteiger partial charge in [-0.05, 0) is 91.0 Å². The van der Waals surface area contributed by atoms with Gasteiger partial charge in [-0.2, -0.15) is 0 Å². The van der Waals surface area contributed by atoms with Gasteiger partial charge < -0.3 is 20.3 Å². The molecular formula is C32H47N3O4. The lowest BCUT2D eigenvalue weighted by Gasteiger charge is -2.40. The van der Waals surface area contributed by atoms with Crippen LogP contribution in [0.15, 0.2) is 48.5 Å². The molecule has 2 aromatic carbocycles. The van der Waals surface area contributed by atoms with Gasteiger partial charge in [0.1, 0.15) is 17.7 Å². The molecule has 214 valence electrons. The highest BCUT2D eigenvalue weighted by Gasteiger charge is 2.40. The molecule has 3 amide bonds. The van der Waals surface area contributed by atoms with E-state index in [4.69, 9.17) is 4.74 Å². The Hall–Kier alpha value is -3.35. The predicted molar refractivity (Wildman–Crippen MR) is 156 cm³/mol. The summed E-state index contributed by atoms with van der Waals surface area (Å²) in [6, 6.07) is 13.3. The van der Waals surface area contributed by atoms with Crippen molar-refractivity contribution in [2.75, 3.05) is 0 Å². The van der Waals surface area contributed by atoms with Crippen LogP contribution in [0.5, 0.6) is 0 Å². The zero-order valence-electron chi connectivity index (χ0n) is 25.3. The number of amides is 3. The molecule has 39 heavy (non-hydrogen) atoms. The standard InChI is InChI=1S/C32H47N3O4/c1-11-23(4)35(27(28(36)34-31(5,6)7)26-21(2)16-15-17-22(26)3)29(37)25(20-24-18-13-12-14-19-24)33-30(38)39-32(8,9)10/h12-19,23,25,27H,11,20H2,1-10H3,(H,33,38)(H,34,36). The van der Waals surface area contributed by atoms with E-state index in [1.54, 1.807) is 25.7 Å². The van der Waals surface area contributed by atoms with Gasteiger partial charge in [0.25, 0.3) is 0 Å². The van der Waals surface area contributed by atoms with Crippen LogP contribution >= 0.6 is 0 Å². The Morgan fingerprint density at radius 2 is 1.46 bits per heavy atom. The largest absolute Gasteiger partial charge is 0.444 e. The maximum atomic E-state index is 14.5. The zero-order valence-corrected chi connectivity index (χ0v) is 25.3. The van der Waals surface area contributed by atoms with E-state index >= 15 is 0 Å². The molecule has 2 N–H and O–H groups in total. The molecule has 0 fully saturated rings. The SMILES string of the molecule is CCC(C)N(C(=O)C(Cc1ccccc1)NC(=O)OC(C)(C)C)C(C(=O)NC(C)(C)C)c1c(C)cccc1C. The van der Waals surface area contributed by atoms with Crippen molar-refractivity contribution < 1.29 is 19.1 Å². The van der Waals surface area contributed by atoms with E-state index in [2.05, 4.69) is 10.6 Å². The summed E-state index contributed by atoms with van der Waals surface area (Å²) in [6.45, 7) is 18.9.